The Kier molecular flexibility index (Phi) is 11.2. The van der Waals surface area contributed by atoms with Crippen molar-refractivity contribution in [2.75, 3.05) is 23.7 Å². The standard InChI is InChI=1S/C30H43N3O5S/c1-5-28(30(35)31-25-10-7-8-11-25)32(22-24-15-13-23(3)14-16-24)29(34)12-9-21-33(39(4,36)37)26-17-19-27(20-18-26)38-6-2/h13-20,25,28H,5-12,21-22H2,1-4H3,(H,31,35)/t28-/m1/s1. The molecule has 1 saturated carbocycles. The number of ether oxygens (including phenoxy) is 1. The summed E-state index contributed by atoms with van der Waals surface area (Å²) in [5.41, 5.74) is 2.60. The molecule has 1 aliphatic rings. The Bertz CT molecular complexity index is 1180. The lowest BCUT2D eigenvalue weighted by Gasteiger charge is -2.32. The van der Waals surface area contributed by atoms with Crippen LogP contribution < -0.4 is 14.4 Å². The van der Waals surface area contributed by atoms with Crippen molar-refractivity contribution in [2.45, 2.75) is 84.3 Å². The average Bonchev–Trinajstić information content (AvgIpc) is 3.40. The number of aryl methyl sites for hydroxylation is 1. The van der Waals surface area contributed by atoms with E-state index >= 15 is 0 Å². The number of carbonyl (C=O) groups excluding carboxylic acids is 2. The van der Waals surface area contributed by atoms with Crippen LogP contribution in [0.15, 0.2) is 48.5 Å². The van der Waals surface area contributed by atoms with E-state index in [1.54, 1.807) is 29.2 Å². The summed E-state index contributed by atoms with van der Waals surface area (Å²) >= 11 is 0. The first-order valence-electron chi connectivity index (χ1n) is 14.0. The van der Waals surface area contributed by atoms with Gasteiger partial charge in [-0.3, -0.25) is 13.9 Å². The fraction of sp³-hybridized carbons (Fsp3) is 0.533. The maximum atomic E-state index is 13.6. The van der Waals surface area contributed by atoms with Gasteiger partial charge >= 0.3 is 0 Å². The van der Waals surface area contributed by atoms with Gasteiger partial charge in [0.15, 0.2) is 0 Å². The van der Waals surface area contributed by atoms with Gasteiger partial charge in [0.1, 0.15) is 11.8 Å². The van der Waals surface area contributed by atoms with Gasteiger partial charge in [-0.05, 0) is 69.4 Å². The summed E-state index contributed by atoms with van der Waals surface area (Å²) in [6.45, 7) is 6.82. The second-order valence-electron chi connectivity index (χ2n) is 10.3. The molecule has 1 fully saturated rings. The Morgan fingerprint density at radius 3 is 2.23 bits per heavy atom. The van der Waals surface area contributed by atoms with Crippen molar-refractivity contribution in [3.05, 3.63) is 59.7 Å². The van der Waals surface area contributed by atoms with Gasteiger partial charge in [0, 0.05) is 25.6 Å². The SMILES string of the molecule is CCOc1ccc(N(CCCC(=O)N(Cc2ccc(C)cc2)[C@H](CC)C(=O)NC2CCCC2)S(C)(=O)=O)cc1. The van der Waals surface area contributed by atoms with Crippen LogP contribution in [0.5, 0.6) is 5.75 Å². The third-order valence-electron chi connectivity index (χ3n) is 7.15. The van der Waals surface area contributed by atoms with Crippen LogP contribution in [0, 0.1) is 6.92 Å². The molecular formula is C30H43N3O5S. The van der Waals surface area contributed by atoms with Crippen molar-refractivity contribution < 1.29 is 22.7 Å². The number of nitrogens with zero attached hydrogens (tertiary/aromatic N) is 2. The summed E-state index contributed by atoms with van der Waals surface area (Å²) in [5, 5.41) is 3.16. The van der Waals surface area contributed by atoms with Crippen LogP contribution in [-0.2, 0) is 26.2 Å². The first-order chi connectivity index (χ1) is 18.6. The van der Waals surface area contributed by atoms with Crippen molar-refractivity contribution >= 4 is 27.5 Å². The molecule has 1 atom stereocenters. The minimum absolute atomic E-state index is 0.114. The Morgan fingerprint density at radius 2 is 1.67 bits per heavy atom. The zero-order chi connectivity index (χ0) is 28.4. The Morgan fingerprint density at radius 1 is 1.03 bits per heavy atom. The lowest BCUT2D eigenvalue weighted by Crippen LogP contribution is -2.51. The smallest absolute Gasteiger partial charge is 0.243 e. The Hall–Kier alpha value is -3.07. The van der Waals surface area contributed by atoms with E-state index in [0.717, 1.165) is 43.1 Å². The van der Waals surface area contributed by atoms with Gasteiger partial charge in [-0.25, -0.2) is 8.42 Å². The van der Waals surface area contributed by atoms with Crippen LogP contribution in [0.4, 0.5) is 5.69 Å². The third-order valence-corrected chi connectivity index (χ3v) is 8.34. The van der Waals surface area contributed by atoms with Crippen LogP contribution in [-0.4, -0.2) is 56.6 Å². The summed E-state index contributed by atoms with van der Waals surface area (Å²) < 4.78 is 31.9. The molecule has 2 amide bonds. The van der Waals surface area contributed by atoms with E-state index in [4.69, 9.17) is 4.74 Å². The number of carbonyl (C=O) groups is 2. The largest absolute Gasteiger partial charge is 0.494 e. The summed E-state index contributed by atoms with van der Waals surface area (Å²) in [6, 6.07) is 14.4. The lowest BCUT2D eigenvalue weighted by atomic mass is 10.1. The zero-order valence-corrected chi connectivity index (χ0v) is 24.5. The van der Waals surface area contributed by atoms with Crippen molar-refractivity contribution in [1.29, 1.82) is 0 Å². The highest BCUT2D eigenvalue weighted by atomic mass is 32.2. The molecule has 0 radical (unpaired) electrons. The molecule has 3 rings (SSSR count). The highest BCUT2D eigenvalue weighted by Crippen LogP contribution is 2.23. The van der Waals surface area contributed by atoms with E-state index < -0.39 is 16.1 Å². The van der Waals surface area contributed by atoms with E-state index in [2.05, 4.69) is 5.32 Å². The number of hydrogen-bond donors (Lipinski definition) is 1. The second kappa shape index (κ2) is 14.4. The summed E-state index contributed by atoms with van der Waals surface area (Å²) in [6.07, 6.45) is 6.28. The molecule has 0 heterocycles. The number of nitrogens with one attached hydrogen (secondary N) is 1. The molecule has 2 aromatic carbocycles. The highest BCUT2D eigenvalue weighted by Gasteiger charge is 2.30. The third kappa shape index (κ3) is 8.98. The van der Waals surface area contributed by atoms with Gasteiger partial charge in [-0.1, -0.05) is 49.6 Å². The second-order valence-corrected chi connectivity index (χ2v) is 12.2. The Balaban J connectivity index is 1.73. The normalized spacial score (nSPS) is 14.6. The molecule has 0 bridgehead atoms. The maximum Gasteiger partial charge on any atom is 0.243 e. The number of benzene rings is 2. The van der Waals surface area contributed by atoms with E-state index in [1.807, 2.05) is 45.0 Å². The van der Waals surface area contributed by atoms with Crippen molar-refractivity contribution in [3.8, 4) is 5.75 Å². The molecule has 39 heavy (non-hydrogen) atoms. The number of anilines is 1. The molecule has 214 valence electrons. The van der Waals surface area contributed by atoms with Crippen LogP contribution in [0.25, 0.3) is 0 Å². The molecule has 1 N–H and O–H groups in total. The minimum atomic E-state index is -3.56. The molecule has 0 aromatic heterocycles. The molecule has 8 nitrogen and oxygen atoms in total. The van der Waals surface area contributed by atoms with Gasteiger partial charge in [0.25, 0.3) is 0 Å². The molecule has 0 spiro atoms. The molecule has 1 aliphatic carbocycles. The predicted molar refractivity (Wildman–Crippen MR) is 155 cm³/mol. The highest BCUT2D eigenvalue weighted by molar-refractivity contribution is 7.92. The van der Waals surface area contributed by atoms with E-state index in [-0.39, 0.29) is 30.8 Å². The average molecular weight is 558 g/mol. The monoisotopic (exact) mass is 557 g/mol. The van der Waals surface area contributed by atoms with Gasteiger partial charge in [0.05, 0.1) is 18.6 Å². The number of amides is 2. The number of hydrogen-bond acceptors (Lipinski definition) is 5. The topological polar surface area (TPSA) is 96.0 Å². The van der Waals surface area contributed by atoms with Crippen LogP contribution in [0.2, 0.25) is 0 Å². The number of rotatable bonds is 14. The molecule has 2 aromatic rings. The molecular weight excluding hydrogens is 514 g/mol. The zero-order valence-electron chi connectivity index (χ0n) is 23.7. The van der Waals surface area contributed by atoms with E-state index in [0.29, 0.717) is 37.4 Å². The van der Waals surface area contributed by atoms with Gasteiger partial charge < -0.3 is 15.0 Å². The van der Waals surface area contributed by atoms with Gasteiger partial charge in [-0.2, -0.15) is 0 Å². The Labute approximate surface area is 233 Å². The van der Waals surface area contributed by atoms with E-state index in [9.17, 15) is 18.0 Å². The minimum Gasteiger partial charge on any atom is -0.494 e. The first-order valence-corrected chi connectivity index (χ1v) is 15.8. The van der Waals surface area contributed by atoms with Crippen LogP contribution >= 0.6 is 0 Å². The quantitative estimate of drug-likeness (QED) is 0.360. The lowest BCUT2D eigenvalue weighted by molar-refractivity contribution is -0.141. The van der Waals surface area contributed by atoms with Crippen LogP contribution in [0.1, 0.15) is 69.9 Å². The fourth-order valence-corrected chi connectivity index (χ4v) is 6.02. The van der Waals surface area contributed by atoms with Crippen molar-refractivity contribution in [3.63, 3.8) is 0 Å². The summed E-state index contributed by atoms with van der Waals surface area (Å²) in [4.78, 5) is 28.6. The molecule has 0 aliphatic heterocycles. The molecule has 0 unspecified atom stereocenters. The van der Waals surface area contributed by atoms with E-state index in [1.165, 1.54) is 4.31 Å². The molecule has 9 heteroatoms. The summed E-state index contributed by atoms with van der Waals surface area (Å²) in [7, 11) is -3.56. The maximum absolute atomic E-state index is 13.6. The van der Waals surface area contributed by atoms with Gasteiger partial charge in [-0.15, -0.1) is 0 Å². The predicted octanol–water partition coefficient (Wildman–Crippen LogP) is 4.81. The van der Waals surface area contributed by atoms with Gasteiger partial charge in [0.2, 0.25) is 21.8 Å². The molecule has 0 saturated heterocycles. The first kappa shape index (κ1) is 30.5. The summed E-state index contributed by atoms with van der Waals surface area (Å²) in [5.74, 6) is 0.388. The number of sulfonamides is 1. The van der Waals surface area contributed by atoms with Crippen LogP contribution in [0.3, 0.4) is 0 Å². The fourth-order valence-electron chi connectivity index (χ4n) is 5.06. The van der Waals surface area contributed by atoms with Crippen molar-refractivity contribution in [1.82, 2.24) is 10.2 Å². The van der Waals surface area contributed by atoms with Crippen molar-refractivity contribution in [2.24, 2.45) is 0 Å².